The normalized spacial score (nSPS) is 29.5. The van der Waals surface area contributed by atoms with Crippen molar-refractivity contribution >= 4 is 11.8 Å². The fourth-order valence-corrected chi connectivity index (χ4v) is 3.57. The van der Waals surface area contributed by atoms with E-state index in [9.17, 15) is 9.59 Å². The molecule has 114 valence electrons. The van der Waals surface area contributed by atoms with Crippen LogP contribution in [0.5, 0.6) is 0 Å². The van der Waals surface area contributed by atoms with Crippen LogP contribution in [0.1, 0.15) is 66.2 Å². The van der Waals surface area contributed by atoms with E-state index in [0.29, 0.717) is 5.92 Å². The van der Waals surface area contributed by atoms with Gasteiger partial charge in [-0.25, -0.2) is 0 Å². The maximum absolute atomic E-state index is 12.9. The maximum atomic E-state index is 12.9. The van der Waals surface area contributed by atoms with Crippen molar-refractivity contribution < 1.29 is 9.59 Å². The molecule has 2 atom stereocenters. The molecule has 4 nitrogen and oxygen atoms in total. The molecule has 0 aromatic rings. The zero-order valence-electron chi connectivity index (χ0n) is 13.2. The van der Waals surface area contributed by atoms with E-state index in [0.717, 1.165) is 19.3 Å². The average Bonchev–Trinajstić information content (AvgIpc) is 2.44. The largest absolute Gasteiger partial charge is 0.342 e. The predicted molar refractivity (Wildman–Crippen MR) is 79.2 cm³/mol. The number of amides is 2. The molecule has 2 rings (SSSR count). The Balaban J connectivity index is 2.23. The van der Waals surface area contributed by atoms with Gasteiger partial charge in [0.05, 0.1) is 0 Å². The Labute approximate surface area is 122 Å². The Morgan fingerprint density at radius 3 is 2.35 bits per heavy atom. The molecule has 0 radical (unpaired) electrons. The Kier molecular flexibility index (Phi) is 4.40. The van der Waals surface area contributed by atoms with E-state index in [1.54, 1.807) is 0 Å². The minimum atomic E-state index is -0.364. The van der Waals surface area contributed by atoms with Gasteiger partial charge in [0.2, 0.25) is 11.8 Å². The number of rotatable bonds is 3. The molecule has 2 amide bonds. The minimum Gasteiger partial charge on any atom is -0.342 e. The molecule has 2 fully saturated rings. The summed E-state index contributed by atoms with van der Waals surface area (Å²) >= 11 is 0. The third-order valence-electron chi connectivity index (χ3n) is 5.21. The summed E-state index contributed by atoms with van der Waals surface area (Å²) in [5, 5.41) is 2.98. The van der Waals surface area contributed by atoms with E-state index in [2.05, 4.69) is 26.1 Å². The molecule has 2 unspecified atom stereocenters. The third kappa shape index (κ3) is 2.70. The van der Waals surface area contributed by atoms with Crippen molar-refractivity contribution in [2.24, 2.45) is 5.92 Å². The van der Waals surface area contributed by atoms with Crippen LogP contribution in [0.25, 0.3) is 0 Å². The van der Waals surface area contributed by atoms with Gasteiger partial charge < -0.3 is 10.2 Å². The number of nitrogens with one attached hydrogen (secondary N) is 1. The van der Waals surface area contributed by atoms with Crippen LogP contribution in [0.3, 0.4) is 0 Å². The van der Waals surface area contributed by atoms with Gasteiger partial charge in [0, 0.05) is 5.54 Å². The fourth-order valence-electron chi connectivity index (χ4n) is 3.57. The van der Waals surface area contributed by atoms with Crippen molar-refractivity contribution in [2.75, 3.05) is 0 Å². The summed E-state index contributed by atoms with van der Waals surface area (Å²) in [4.78, 5) is 27.0. The summed E-state index contributed by atoms with van der Waals surface area (Å²) in [5.41, 5.74) is -0.263. The second-order valence-electron chi connectivity index (χ2n) is 6.93. The lowest BCUT2D eigenvalue weighted by Crippen LogP contribution is -2.69. The monoisotopic (exact) mass is 280 g/mol. The second kappa shape index (κ2) is 5.74. The highest BCUT2D eigenvalue weighted by Crippen LogP contribution is 2.32. The third-order valence-corrected chi connectivity index (χ3v) is 5.21. The zero-order chi connectivity index (χ0) is 14.9. The Morgan fingerprint density at radius 2 is 1.80 bits per heavy atom. The van der Waals surface area contributed by atoms with E-state index in [1.165, 1.54) is 19.3 Å². The van der Waals surface area contributed by atoms with E-state index in [-0.39, 0.29) is 29.4 Å². The van der Waals surface area contributed by atoms with Gasteiger partial charge >= 0.3 is 0 Å². The lowest BCUT2D eigenvalue weighted by atomic mass is 9.81. The lowest BCUT2D eigenvalue weighted by molar-refractivity contribution is -0.157. The number of hydrogen-bond donors (Lipinski definition) is 1. The molecule has 1 saturated carbocycles. The van der Waals surface area contributed by atoms with Crippen LogP contribution in [-0.2, 0) is 9.59 Å². The predicted octanol–water partition coefficient (Wildman–Crippen LogP) is 2.47. The zero-order valence-corrected chi connectivity index (χ0v) is 13.2. The van der Waals surface area contributed by atoms with Crippen molar-refractivity contribution in [2.45, 2.75) is 83.8 Å². The Bertz CT molecular complexity index is 386. The first kappa shape index (κ1) is 15.3. The van der Waals surface area contributed by atoms with Gasteiger partial charge in [-0.2, -0.15) is 0 Å². The number of carbonyl (C=O) groups is 2. The van der Waals surface area contributed by atoms with Crippen molar-refractivity contribution in [3.05, 3.63) is 0 Å². The molecule has 1 aliphatic carbocycles. The van der Waals surface area contributed by atoms with Crippen LogP contribution < -0.4 is 5.32 Å². The molecule has 1 aliphatic heterocycles. The standard InChI is InChI=1S/C16H28N2O2/c1-5-16(3,4)18-11(2)14(19)17-13(15(18)20)12-9-7-6-8-10-12/h11-13H,5-10H2,1-4H3,(H,17,19). The van der Waals surface area contributed by atoms with Crippen LogP contribution in [0.4, 0.5) is 0 Å². The molecule has 0 aromatic carbocycles. The topological polar surface area (TPSA) is 49.4 Å². The van der Waals surface area contributed by atoms with Gasteiger partial charge in [-0.05, 0) is 46.0 Å². The van der Waals surface area contributed by atoms with E-state index < -0.39 is 0 Å². The number of hydrogen-bond acceptors (Lipinski definition) is 2. The van der Waals surface area contributed by atoms with Crippen LogP contribution in [0.15, 0.2) is 0 Å². The summed E-state index contributed by atoms with van der Waals surface area (Å²) in [6.45, 7) is 8.01. The van der Waals surface area contributed by atoms with Gasteiger partial charge in [0.1, 0.15) is 12.1 Å². The van der Waals surface area contributed by atoms with Crippen LogP contribution in [0.2, 0.25) is 0 Å². The lowest BCUT2D eigenvalue weighted by Gasteiger charge is -2.48. The number of nitrogens with zero attached hydrogens (tertiary/aromatic N) is 1. The molecule has 1 N–H and O–H groups in total. The van der Waals surface area contributed by atoms with Crippen molar-refractivity contribution in [3.63, 3.8) is 0 Å². The van der Waals surface area contributed by atoms with E-state index >= 15 is 0 Å². The highest BCUT2D eigenvalue weighted by atomic mass is 16.2. The summed E-state index contributed by atoms with van der Waals surface area (Å²) in [7, 11) is 0. The molecule has 0 bridgehead atoms. The number of carbonyl (C=O) groups excluding carboxylic acids is 2. The van der Waals surface area contributed by atoms with Crippen molar-refractivity contribution in [3.8, 4) is 0 Å². The summed E-state index contributed by atoms with van der Waals surface area (Å²) in [6, 6.07) is -0.665. The quantitative estimate of drug-likeness (QED) is 0.863. The SMILES string of the molecule is CCC(C)(C)N1C(=O)C(C2CCCCC2)NC(=O)C1C. The molecule has 4 heteroatoms. The summed E-state index contributed by atoms with van der Waals surface area (Å²) < 4.78 is 0. The van der Waals surface area contributed by atoms with Crippen LogP contribution in [-0.4, -0.2) is 34.3 Å². The van der Waals surface area contributed by atoms with Crippen molar-refractivity contribution in [1.29, 1.82) is 0 Å². The first-order chi connectivity index (χ1) is 9.38. The molecular formula is C16H28N2O2. The highest BCUT2D eigenvalue weighted by Gasteiger charge is 2.46. The van der Waals surface area contributed by atoms with Gasteiger partial charge in [-0.3, -0.25) is 9.59 Å². The second-order valence-corrected chi connectivity index (χ2v) is 6.93. The molecule has 2 aliphatic rings. The summed E-state index contributed by atoms with van der Waals surface area (Å²) in [6.07, 6.45) is 6.59. The van der Waals surface area contributed by atoms with Gasteiger partial charge in [0.25, 0.3) is 0 Å². The first-order valence-corrected chi connectivity index (χ1v) is 8.02. The van der Waals surface area contributed by atoms with E-state index in [4.69, 9.17) is 0 Å². The fraction of sp³-hybridized carbons (Fsp3) is 0.875. The van der Waals surface area contributed by atoms with Crippen LogP contribution in [0, 0.1) is 5.92 Å². The molecular weight excluding hydrogens is 252 g/mol. The maximum Gasteiger partial charge on any atom is 0.246 e. The number of piperazine rings is 1. The van der Waals surface area contributed by atoms with Gasteiger partial charge in [-0.15, -0.1) is 0 Å². The molecule has 0 aromatic heterocycles. The van der Waals surface area contributed by atoms with Gasteiger partial charge in [-0.1, -0.05) is 26.2 Å². The average molecular weight is 280 g/mol. The Hall–Kier alpha value is -1.06. The highest BCUT2D eigenvalue weighted by molar-refractivity contribution is 5.97. The molecule has 0 spiro atoms. The Morgan fingerprint density at radius 1 is 1.20 bits per heavy atom. The smallest absolute Gasteiger partial charge is 0.246 e. The van der Waals surface area contributed by atoms with Crippen molar-refractivity contribution in [1.82, 2.24) is 10.2 Å². The molecule has 20 heavy (non-hydrogen) atoms. The van der Waals surface area contributed by atoms with Gasteiger partial charge in [0.15, 0.2) is 0 Å². The first-order valence-electron chi connectivity index (χ1n) is 8.02. The molecule has 1 saturated heterocycles. The van der Waals surface area contributed by atoms with Crippen LogP contribution >= 0.6 is 0 Å². The summed E-state index contributed by atoms with van der Waals surface area (Å²) in [5.74, 6) is 0.445. The minimum absolute atomic E-state index is 0.00157. The van der Waals surface area contributed by atoms with E-state index in [1.807, 2.05) is 11.8 Å². The molecule has 1 heterocycles.